The third-order valence-corrected chi connectivity index (χ3v) is 1.94. The van der Waals surface area contributed by atoms with Gasteiger partial charge in [-0.05, 0) is 32.1 Å². The van der Waals surface area contributed by atoms with Gasteiger partial charge in [0, 0.05) is 0 Å². The second kappa shape index (κ2) is 12.7. The molecular weight excluding hydrogens is 182 g/mol. The van der Waals surface area contributed by atoms with Crippen LogP contribution < -0.4 is 0 Å². The molecule has 0 saturated carbocycles. The van der Waals surface area contributed by atoms with Crippen molar-refractivity contribution in [3.8, 4) is 6.07 Å². The van der Waals surface area contributed by atoms with Crippen molar-refractivity contribution >= 4 is 0 Å². The van der Waals surface area contributed by atoms with Crippen molar-refractivity contribution in [3.05, 3.63) is 36.5 Å². The molecule has 0 unspecified atom stereocenters. The molecule has 1 heteroatoms. The van der Waals surface area contributed by atoms with Crippen LogP contribution in [0.4, 0.5) is 0 Å². The molecule has 0 atom stereocenters. The van der Waals surface area contributed by atoms with Crippen LogP contribution in [-0.2, 0) is 0 Å². The lowest BCUT2D eigenvalue weighted by atomic mass is 10.2. The van der Waals surface area contributed by atoms with Gasteiger partial charge in [-0.25, -0.2) is 0 Å². The Balaban J connectivity index is 3.25. The van der Waals surface area contributed by atoms with E-state index in [9.17, 15) is 0 Å². The van der Waals surface area contributed by atoms with Crippen molar-refractivity contribution in [3.63, 3.8) is 0 Å². The molecule has 0 aliphatic rings. The first-order valence-corrected chi connectivity index (χ1v) is 5.73. The number of hydrogen-bond donors (Lipinski definition) is 0. The van der Waals surface area contributed by atoms with Crippen molar-refractivity contribution in [1.29, 1.82) is 5.26 Å². The van der Waals surface area contributed by atoms with Gasteiger partial charge in [0.1, 0.15) is 0 Å². The number of allylic oxidation sites excluding steroid dienone is 6. The molecule has 82 valence electrons. The average Bonchev–Trinajstić information content (AvgIpc) is 2.26. The van der Waals surface area contributed by atoms with E-state index in [1.807, 2.05) is 6.08 Å². The summed E-state index contributed by atoms with van der Waals surface area (Å²) in [5, 5.41) is 8.29. The molecule has 0 aromatic carbocycles. The van der Waals surface area contributed by atoms with Gasteiger partial charge in [-0.1, -0.05) is 43.4 Å². The maximum atomic E-state index is 8.29. The molecule has 0 bridgehead atoms. The molecule has 0 amide bonds. The van der Waals surface area contributed by atoms with E-state index in [1.54, 1.807) is 0 Å². The third-order valence-electron chi connectivity index (χ3n) is 1.94. The van der Waals surface area contributed by atoms with E-state index in [-0.39, 0.29) is 0 Å². The summed E-state index contributed by atoms with van der Waals surface area (Å²) in [6.45, 7) is 2.15. The molecule has 0 saturated heterocycles. The number of unbranched alkanes of at least 4 members (excludes halogenated alkanes) is 2. The van der Waals surface area contributed by atoms with Crippen LogP contribution in [0.5, 0.6) is 0 Å². The minimum atomic E-state index is 0.533. The van der Waals surface area contributed by atoms with Gasteiger partial charge in [-0.3, -0.25) is 0 Å². The minimum Gasteiger partial charge on any atom is -0.198 e. The number of nitriles is 1. The van der Waals surface area contributed by atoms with Crippen molar-refractivity contribution in [2.24, 2.45) is 0 Å². The predicted molar refractivity (Wildman–Crippen MR) is 66.4 cm³/mol. The largest absolute Gasteiger partial charge is 0.198 e. The molecule has 0 aromatic rings. The van der Waals surface area contributed by atoms with E-state index < -0.39 is 0 Å². The summed E-state index contributed by atoms with van der Waals surface area (Å²) in [6, 6.07) is 2.09. The van der Waals surface area contributed by atoms with Crippen molar-refractivity contribution in [2.75, 3.05) is 0 Å². The average molecular weight is 203 g/mol. The zero-order chi connectivity index (χ0) is 11.2. The first-order chi connectivity index (χ1) is 7.41. The molecule has 0 rings (SSSR count). The molecule has 0 aliphatic carbocycles. The fourth-order valence-corrected chi connectivity index (χ4v) is 1.16. The number of rotatable bonds is 8. The number of hydrogen-bond acceptors (Lipinski definition) is 1. The maximum absolute atomic E-state index is 8.29. The van der Waals surface area contributed by atoms with Gasteiger partial charge in [0.2, 0.25) is 0 Å². The van der Waals surface area contributed by atoms with Gasteiger partial charge in [-0.15, -0.1) is 0 Å². The van der Waals surface area contributed by atoms with Crippen LogP contribution in [0.1, 0.15) is 45.4 Å². The highest BCUT2D eigenvalue weighted by molar-refractivity contribution is 4.93. The molecular formula is C14H21N. The Hall–Kier alpha value is -1.29. The zero-order valence-electron chi connectivity index (χ0n) is 9.65. The standard InChI is InChI=1S/C14H21N/c1-2-3-4-5-6-7-8-9-10-11-12-13-14-15/h3-4,7-8,11-12H,2,5-6,9-10,13H2,1H3/b4-3+,8-7+,12-11+. The Kier molecular flexibility index (Phi) is 11.6. The van der Waals surface area contributed by atoms with Crippen LogP contribution >= 0.6 is 0 Å². The Morgan fingerprint density at radius 1 is 0.800 bits per heavy atom. The van der Waals surface area contributed by atoms with Gasteiger partial charge in [0.15, 0.2) is 0 Å². The fourth-order valence-electron chi connectivity index (χ4n) is 1.16. The summed E-state index contributed by atoms with van der Waals surface area (Å²) < 4.78 is 0. The van der Waals surface area contributed by atoms with Crippen LogP contribution in [0, 0.1) is 11.3 Å². The lowest BCUT2D eigenvalue weighted by molar-refractivity contribution is 0.996. The van der Waals surface area contributed by atoms with Crippen molar-refractivity contribution in [1.82, 2.24) is 0 Å². The first-order valence-electron chi connectivity index (χ1n) is 5.73. The molecule has 0 heterocycles. The summed E-state index contributed by atoms with van der Waals surface area (Å²) >= 11 is 0. The summed E-state index contributed by atoms with van der Waals surface area (Å²) in [4.78, 5) is 0. The molecule has 0 spiro atoms. The Morgan fingerprint density at radius 2 is 1.27 bits per heavy atom. The second-order valence-electron chi connectivity index (χ2n) is 3.34. The van der Waals surface area contributed by atoms with Crippen LogP contribution in [-0.4, -0.2) is 0 Å². The van der Waals surface area contributed by atoms with E-state index in [0.29, 0.717) is 6.42 Å². The molecule has 0 N–H and O–H groups in total. The number of nitrogens with zero attached hydrogens (tertiary/aromatic N) is 1. The van der Waals surface area contributed by atoms with E-state index in [1.165, 1.54) is 0 Å². The van der Waals surface area contributed by atoms with E-state index >= 15 is 0 Å². The van der Waals surface area contributed by atoms with E-state index in [4.69, 9.17) is 5.26 Å². The topological polar surface area (TPSA) is 23.8 Å². The van der Waals surface area contributed by atoms with Gasteiger partial charge < -0.3 is 0 Å². The lowest BCUT2D eigenvalue weighted by Crippen LogP contribution is -1.68. The van der Waals surface area contributed by atoms with Crippen LogP contribution in [0.25, 0.3) is 0 Å². The van der Waals surface area contributed by atoms with Gasteiger partial charge in [0.05, 0.1) is 12.5 Å². The highest BCUT2D eigenvalue weighted by Crippen LogP contribution is 1.98. The predicted octanol–water partition coefficient (Wildman–Crippen LogP) is 4.54. The molecule has 0 aliphatic heterocycles. The summed E-state index contributed by atoms with van der Waals surface area (Å²) in [6.07, 6.45) is 19.0. The Bertz CT molecular complexity index is 241. The van der Waals surface area contributed by atoms with E-state index in [2.05, 4.69) is 43.4 Å². The lowest BCUT2D eigenvalue weighted by Gasteiger charge is -1.88. The molecule has 15 heavy (non-hydrogen) atoms. The normalized spacial score (nSPS) is 11.7. The van der Waals surface area contributed by atoms with Gasteiger partial charge in [-0.2, -0.15) is 5.26 Å². The van der Waals surface area contributed by atoms with Crippen LogP contribution in [0.3, 0.4) is 0 Å². The minimum absolute atomic E-state index is 0.533. The van der Waals surface area contributed by atoms with Crippen LogP contribution in [0.2, 0.25) is 0 Å². The SMILES string of the molecule is CC/C=C/CC/C=C/CC/C=C/CC#N. The van der Waals surface area contributed by atoms with Crippen molar-refractivity contribution in [2.45, 2.75) is 45.4 Å². The highest BCUT2D eigenvalue weighted by Gasteiger charge is 1.78. The van der Waals surface area contributed by atoms with E-state index in [0.717, 1.165) is 32.1 Å². The Morgan fingerprint density at radius 3 is 1.73 bits per heavy atom. The third kappa shape index (κ3) is 12.7. The maximum Gasteiger partial charge on any atom is 0.0663 e. The smallest absolute Gasteiger partial charge is 0.0663 e. The van der Waals surface area contributed by atoms with Crippen molar-refractivity contribution < 1.29 is 0 Å². The quantitative estimate of drug-likeness (QED) is 0.419. The highest BCUT2D eigenvalue weighted by atomic mass is 14.2. The first kappa shape index (κ1) is 13.7. The fraction of sp³-hybridized carbons (Fsp3) is 0.500. The molecule has 1 nitrogen and oxygen atoms in total. The summed E-state index contributed by atoms with van der Waals surface area (Å²) in [5.74, 6) is 0. The van der Waals surface area contributed by atoms with Gasteiger partial charge in [0.25, 0.3) is 0 Å². The van der Waals surface area contributed by atoms with Gasteiger partial charge >= 0.3 is 0 Å². The Labute approximate surface area is 93.8 Å². The van der Waals surface area contributed by atoms with Crippen LogP contribution in [0.15, 0.2) is 36.5 Å². The molecule has 0 fully saturated rings. The monoisotopic (exact) mass is 203 g/mol. The molecule has 0 aromatic heterocycles. The summed E-state index contributed by atoms with van der Waals surface area (Å²) in [7, 11) is 0. The summed E-state index contributed by atoms with van der Waals surface area (Å²) in [5.41, 5.74) is 0. The molecule has 0 radical (unpaired) electrons. The zero-order valence-corrected chi connectivity index (χ0v) is 9.65. The second-order valence-corrected chi connectivity index (χ2v) is 3.34.